The second-order valence-corrected chi connectivity index (χ2v) is 5.79. The Morgan fingerprint density at radius 3 is 2.52 bits per heavy atom. The van der Waals surface area contributed by atoms with Crippen LogP contribution >= 0.6 is 23.4 Å². The molecule has 0 bridgehead atoms. The third-order valence-electron chi connectivity index (χ3n) is 2.62. The summed E-state index contributed by atoms with van der Waals surface area (Å²) in [4.78, 5) is 12.1. The molecule has 0 unspecified atom stereocenters. The van der Waals surface area contributed by atoms with Crippen molar-refractivity contribution in [2.24, 2.45) is 0 Å². The van der Waals surface area contributed by atoms with E-state index in [1.54, 1.807) is 0 Å². The molecule has 0 aromatic heterocycles. The average Bonchev–Trinajstić information content (AvgIpc) is 2.48. The van der Waals surface area contributed by atoms with Gasteiger partial charge in [0, 0.05) is 10.6 Å². The first-order valence-electron chi connectivity index (χ1n) is 6.36. The summed E-state index contributed by atoms with van der Waals surface area (Å²) in [6.07, 6.45) is 0. The molecule has 3 nitrogen and oxygen atoms in total. The van der Waals surface area contributed by atoms with Crippen LogP contribution in [0.5, 0.6) is 5.75 Å². The van der Waals surface area contributed by atoms with Gasteiger partial charge in [-0.2, -0.15) is 8.78 Å². The van der Waals surface area contributed by atoms with E-state index >= 15 is 0 Å². The molecular formula is C15H11ClF3NO2S. The van der Waals surface area contributed by atoms with Crippen molar-refractivity contribution in [1.82, 2.24) is 0 Å². The molecule has 0 saturated heterocycles. The van der Waals surface area contributed by atoms with Gasteiger partial charge in [0.2, 0.25) is 0 Å². The maximum Gasteiger partial charge on any atom is 0.288 e. The molecule has 2 rings (SSSR count). The Hall–Kier alpha value is -1.86. The molecule has 23 heavy (non-hydrogen) atoms. The molecule has 122 valence electrons. The lowest BCUT2D eigenvalue weighted by Gasteiger charge is -2.09. The molecule has 0 radical (unpaired) electrons. The number of ether oxygens (including phenoxy) is 1. The monoisotopic (exact) mass is 361 g/mol. The molecule has 0 aliphatic carbocycles. The summed E-state index contributed by atoms with van der Waals surface area (Å²) in [6.45, 7) is -0.321. The number of halogens is 4. The SMILES string of the molecule is O=C(COc1ccc(F)cc1Cl)Nc1ccc(SC(F)F)cc1. The molecule has 0 spiro atoms. The van der Waals surface area contributed by atoms with Crippen LogP contribution in [0.3, 0.4) is 0 Å². The number of rotatable bonds is 6. The molecule has 0 fully saturated rings. The van der Waals surface area contributed by atoms with Crippen molar-refractivity contribution in [3.63, 3.8) is 0 Å². The number of anilines is 1. The standard InChI is InChI=1S/C15H11ClF3NO2S/c16-12-7-9(17)1-6-13(12)22-8-14(21)20-10-2-4-11(5-3-10)23-15(18)19/h1-7,15H,8H2,(H,20,21). The van der Waals surface area contributed by atoms with Crippen LogP contribution in [-0.2, 0) is 4.79 Å². The van der Waals surface area contributed by atoms with Crippen molar-refractivity contribution >= 4 is 35.0 Å². The number of carbonyl (C=O) groups excluding carboxylic acids is 1. The highest BCUT2D eigenvalue weighted by Gasteiger charge is 2.08. The van der Waals surface area contributed by atoms with Crippen LogP contribution in [0.15, 0.2) is 47.4 Å². The Labute approximate surface area is 139 Å². The molecule has 2 aromatic carbocycles. The molecule has 1 amide bonds. The van der Waals surface area contributed by atoms with E-state index in [1.807, 2.05) is 0 Å². The van der Waals surface area contributed by atoms with Crippen LogP contribution in [-0.4, -0.2) is 18.3 Å². The third kappa shape index (κ3) is 5.69. The van der Waals surface area contributed by atoms with E-state index in [0.717, 1.165) is 6.07 Å². The van der Waals surface area contributed by atoms with Gasteiger partial charge in [0.05, 0.1) is 5.02 Å². The van der Waals surface area contributed by atoms with Crippen LogP contribution < -0.4 is 10.1 Å². The number of amides is 1. The van der Waals surface area contributed by atoms with Crippen molar-refractivity contribution in [1.29, 1.82) is 0 Å². The summed E-state index contributed by atoms with van der Waals surface area (Å²) < 4.78 is 42.5. The highest BCUT2D eigenvalue weighted by atomic mass is 35.5. The maximum atomic E-state index is 12.9. The van der Waals surface area contributed by atoms with E-state index in [9.17, 15) is 18.0 Å². The van der Waals surface area contributed by atoms with Crippen LogP contribution in [0.1, 0.15) is 0 Å². The van der Waals surface area contributed by atoms with E-state index < -0.39 is 17.5 Å². The van der Waals surface area contributed by atoms with Crippen molar-refractivity contribution in [2.45, 2.75) is 10.7 Å². The molecule has 8 heteroatoms. The first kappa shape index (κ1) is 17.5. The molecule has 2 aromatic rings. The third-order valence-corrected chi connectivity index (χ3v) is 3.63. The Bertz CT molecular complexity index is 683. The molecule has 0 saturated carbocycles. The fraction of sp³-hybridized carbons (Fsp3) is 0.133. The highest BCUT2D eigenvalue weighted by molar-refractivity contribution is 7.99. The molecule has 0 atom stereocenters. The van der Waals surface area contributed by atoms with E-state index in [0.29, 0.717) is 22.3 Å². The molecule has 0 aliphatic heterocycles. The zero-order valence-electron chi connectivity index (χ0n) is 11.6. The Morgan fingerprint density at radius 2 is 1.91 bits per heavy atom. The maximum absolute atomic E-state index is 12.9. The fourth-order valence-electron chi connectivity index (χ4n) is 1.65. The lowest BCUT2D eigenvalue weighted by Crippen LogP contribution is -2.20. The van der Waals surface area contributed by atoms with Gasteiger partial charge in [-0.15, -0.1) is 0 Å². The quantitative estimate of drug-likeness (QED) is 0.750. The van der Waals surface area contributed by atoms with Gasteiger partial charge in [-0.25, -0.2) is 4.39 Å². The second kappa shape index (κ2) is 8.12. The zero-order valence-corrected chi connectivity index (χ0v) is 13.1. The molecular weight excluding hydrogens is 351 g/mol. The van der Waals surface area contributed by atoms with Gasteiger partial charge in [-0.3, -0.25) is 4.79 Å². The molecule has 0 heterocycles. The number of benzene rings is 2. The normalized spacial score (nSPS) is 10.7. The lowest BCUT2D eigenvalue weighted by molar-refractivity contribution is -0.118. The fourth-order valence-corrected chi connectivity index (χ4v) is 2.37. The van der Waals surface area contributed by atoms with Crippen molar-refractivity contribution < 1.29 is 22.7 Å². The average molecular weight is 362 g/mol. The number of carbonyl (C=O) groups is 1. The van der Waals surface area contributed by atoms with Gasteiger partial charge in [0.1, 0.15) is 11.6 Å². The first-order valence-corrected chi connectivity index (χ1v) is 7.62. The molecule has 1 N–H and O–H groups in total. The minimum Gasteiger partial charge on any atom is -0.482 e. The van der Waals surface area contributed by atoms with E-state index in [4.69, 9.17) is 16.3 Å². The predicted molar refractivity (Wildman–Crippen MR) is 83.8 cm³/mol. The predicted octanol–water partition coefficient (Wildman–Crippen LogP) is 4.81. The van der Waals surface area contributed by atoms with Gasteiger partial charge < -0.3 is 10.1 Å². The van der Waals surface area contributed by atoms with Crippen molar-refractivity contribution in [2.75, 3.05) is 11.9 Å². The summed E-state index contributed by atoms with van der Waals surface area (Å²) in [5.74, 6) is -3.27. The van der Waals surface area contributed by atoms with Crippen LogP contribution in [0, 0.1) is 5.82 Å². The minimum absolute atomic E-state index is 0.0613. The van der Waals surface area contributed by atoms with Crippen LogP contribution in [0.25, 0.3) is 0 Å². The summed E-state index contributed by atoms with van der Waals surface area (Å²) >= 11 is 6.19. The van der Waals surface area contributed by atoms with Gasteiger partial charge in [0.15, 0.2) is 6.61 Å². The Morgan fingerprint density at radius 1 is 1.22 bits per heavy atom. The first-order chi connectivity index (χ1) is 10.9. The van der Waals surface area contributed by atoms with Gasteiger partial charge in [0.25, 0.3) is 11.7 Å². The van der Waals surface area contributed by atoms with Crippen molar-refractivity contribution in [3.05, 3.63) is 53.3 Å². The smallest absolute Gasteiger partial charge is 0.288 e. The van der Waals surface area contributed by atoms with Crippen LogP contribution in [0.2, 0.25) is 5.02 Å². The Kier molecular flexibility index (Phi) is 6.18. The highest BCUT2D eigenvalue weighted by Crippen LogP contribution is 2.26. The van der Waals surface area contributed by atoms with Gasteiger partial charge in [-0.1, -0.05) is 23.4 Å². The van der Waals surface area contributed by atoms with Crippen LogP contribution in [0.4, 0.5) is 18.9 Å². The molecule has 0 aliphatic rings. The number of hydrogen-bond acceptors (Lipinski definition) is 3. The summed E-state index contributed by atoms with van der Waals surface area (Å²) in [6, 6.07) is 9.53. The number of alkyl halides is 2. The lowest BCUT2D eigenvalue weighted by atomic mass is 10.3. The number of hydrogen-bond donors (Lipinski definition) is 1. The topological polar surface area (TPSA) is 38.3 Å². The number of nitrogens with one attached hydrogen (secondary N) is 1. The number of thioether (sulfide) groups is 1. The minimum atomic E-state index is -2.50. The van der Waals surface area contributed by atoms with E-state index in [1.165, 1.54) is 36.4 Å². The van der Waals surface area contributed by atoms with Gasteiger partial charge >= 0.3 is 0 Å². The zero-order chi connectivity index (χ0) is 16.8. The summed E-state index contributed by atoms with van der Waals surface area (Å²) in [7, 11) is 0. The Balaban J connectivity index is 1.87. The van der Waals surface area contributed by atoms with E-state index in [-0.39, 0.29) is 17.4 Å². The van der Waals surface area contributed by atoms with Crippen molar-refractivity contribution in [3.8, 4) is 5.75 Å². The largest absolute Gasteiger partial charge is 0.482 e. The van der Waals surface area contributed by atoms with E-state index in [2.05, 4.69) is 5.32 Å². The summed E-state index contributed by atoms with van der Waals surface area (Å²) in [5.41, 5.74) is 0.447. The van der Waals surface area contributed by atoms with Gasteiger partial charge in [-0.05, 0) is 42.5 Å². The summed E-state index contributed by atoms with van der Waals surface area (Å²) in [5, 5.41) is 2.61. The second-order valence-electron chi connectivity index (χ2n) is 4.31.